The van der Waals surface area contributed by atoms with Gasteiger partial charge in [-0.05, 0) is 35.9 Å². The number of ether oxygens (including phenoxy) is 2. The first-order chi connectivity index (χ1) is 14.7. The number of amides is 1. The Morgan fingerprint density at radius 3 is 2.70 bits per heavy atom. The van der Waals surface area contributed by atoms with Crippen molar-refractivity contribution < 1.29 is 14.3 Å². The molecule has 6 heteroatoms. The monoisotopic (exact) mass is 405 g/mol. The molecule has 2 aliphatic heterocycles. The number of rotatable bonds is 5. The second kappa shape index (κ2) is 8.03. The van der Waals surface area contributed by atoms with Gasteiger partial charge in [0, 0.05) is 55.6 Å². The molecule has 30 heavy (non-hydrogen) atoms. The van der Waals surface area contributed by atoms with Gasteiger partial charge in [0.2, 0.25) is 12.7 Å². The van der Waals surface area contributed by atoms with Crippen molar-refractivity contribution in [1.82, 2.24) is 14.8 Å². The van der Waals surface area contributed by atoms with E-state index in [1.165, 1.54) is 0 Å². The maximum Gasteiger partial charge on any atom is 0.231 e. The van der Waals surface area contributed by atoms with E-state index in [0.717, 1.165) is 66.3 Å². The van der Waals surface area contributed by atoms with Crippen molar-refractivity contribution >= 4 is 16.8 Å². The van der Waals surface area contributed by atoms with E-state index in [-0.39, 0.29) is 18.6 Å². The van der Waals surface area contributed by atoms with Crippen LogP contribution in [0.4, 0.5) is 0 Å². The number of nitrogens with one attached hydrogen (secondary N) is 1. The van der Waals surface area contributed by atoms with Crippen molar-refractivity contribution in [1.29, 1.82) is 0 Å². The number of hydrogen-bond donors (Lipinski definition) is 1. The van der Waals surface area contributed by atoms with Crippen molar-refractivity contribution in [2.24, 2.45) is 0 Å². The molecule has 156 valence electrons. The Hall–Kier alpha value is -2.99. The predicted molar refractivity (Wildman–Crippen MR) is 116 cm³/mol. The molecule has 0 spiro atoms. The largest absolute Gasteiger partial charge is 0.454 e. The maximum absolute atomic E-state index is 13.3. The molecule has 0 aliphatic carbocycles. The van der Waals surface area contributed by atoms with E-state index in [1.54, 1.807) is 0 Å². The molecule has 0 saturated carbocycles. The quantitative estimate of drug-likeness (QED) is 0.705. The number of carbonyl (C=O) groups is 1. The van der Waals surface area contributed by atoms with Gasteiger partial charge in [-0.2, -0.15) is 0 Å². The fraction of sp³-hybridized carbons (Fsp3) is 0.375. The second-order valence-electron chi connectivity index (χ2n) is 7.97. The molecular weight excluding hydrogens is 378 g/mol. The fourth-order valence-electron chi connectivity index (χ4n) is 4.54. The Labute approximate surface area is 176 Å². The van der Waals surface area contributed by atoms with Gasteiger partial charge in [0.05, 0.1) is 0 Å². The predicted octanol–water partition coefficient (Wildman–Crippen LogP) is 3.58. The van der Waals surface area contributed by atoms with Crippen LogP contribution in [-0.2, 0) is 4.79 Å². The minimum Gasteiger partial charge on any atom is -0.454 e. The first-order valence-electron chi connectivity index (χ1n) is 10.7. The topological polar surface area (TPSA) is 57.8 Å². The lowest BCUT2D eigenvalue weighted by molar-refractivity contribution is -0.133. The number of para-hydroxylation sites is 1. The summed E-state index contributed by atoms with van der Waals surface area (Å²) in [5.41, 5.74) is 3.30. The van der Waals surface area contributed by atoms with Crippen molar-refractivity contribution in [2.45, 2.75) is 19.3 Å². The Morgan fingerprint density at radius 1 is 1.07 bits per heavy atom. The Bertz CT molecular complexity index is 1050. The highest BCUT2D eigenvalue weighted by Gasteiger charge is 2.27. The van der Waals surface area contributed by atoms with Crippen LogP contribution in [0.5, 0.6) is 11.5 Å². The average Bonchev–Trinajstić information content (AvgIpc) is 3.44. The molecule has 3 aromatic rings. The average molecular weight is 405 g/mol. The summed E-state index contributed by atoms with van der Waals surface area (Å²) in [6.45, 7) is 6.95. The van der Waals surface area contributed by atoms with E-state index in [1.807, 2.05) is 35.4 Å². The summed E-state index contributed by atoms with van der Waals surface area (Å²) in [6, 6.07) is 14.3. The van der Waals surface area contributed by atoms with Crippen molar-refractivity contribution in [3.05, 3.63) is 59.8 Å². The summed E-state index contributed by atoms with van der Waals surface area (Å²) in [7, 11) is 0. The molecule has 2 aliphatic rings. The summed E-state index contributed by atoms with van der Waals surface area (Å²) in [6.07, 6.45) is 2.48. The van der Waals surface area contributed by atoms with Gasteiger partial charge in [-0.3, -0.25) is 4.79 Å². The normalized spacial score (nSPS) is 17.4. The number of H-pyrrole nitrogens is 1. The number of aromatic amines is 1. The van der Waals surface area contributed by atoms with Crippen molar-refractivity contribution in [3.63, 3.8) is 0 Å². The van der Waals surface area contributed by atoms with E-state index < -0.39 is 0 Å². The number of carbonyl (C=O) groups excluding carboxylic acids is 1. The smallest absolute Gasteiger partial charge is 0.231 e. The number of piperazine rings is 1. The fourth-order valence-corrected chi connectivity index (χ4v) is 4.54. The molecule has 3 heterocycles. The number of benzene rings is 2. The number of nitrogens with zero attached hydrogens (tertiary/aromatic N) is 2. The minimum absolute atomic E-state index is 0.0487. The summed E-state index contributed by atoms with van der Waals surface area (Å²) < 4.78 is 11.1. The van der Waals surface area contributed by atoms with Crippen LogP contribution >= 0.6 is 0 Å². The number of fused-ring (bicyclic) bond motifs is 2. The number of hydrogen-bond acceptors (Lipinski definition) is 4. The lowest BCUT2D eigenvalue weighted by Crippen LogP contribution is -2.48. The lowest BCUT2D eigenvalue weighted by Gasteiger charge is -2.34. The second-order valence-corrected chi connectivity index (χ2v) is 7.97. The van der Waals surface area contributed by atoms with Crippen LogP contribution in [0.1, 0.15) is 30.4 Å². The summed E-state index contributed by atoms with van der Waals surface area (Å²) >= 11 is 0. The number of aromatic nitrogens is 1. The van der Waals surface area contributed by atoms with Crippen molar-refractivity contribution in [3.8, 4) is 11.5 Å². The molecule has 1 N–H and O–H groups in total. The first-order valence-corrected chi connectivity index (χ1v) is 10.7. The summed E-state index contributed by atoms with van der Waals surface area (Å²) in [5, 5.41) is 1.16. The molecule has 1 aromatic heterocycles. The van der Waals surface area contributed by atoms with E-state index >= 15 is 0 Å². The van der Waals surface area contributed by atoms with E-state index in [2.05, 4.69) is 35.0 Å². The summed E-state index contributed by atoms with van der Waals surface area (Å²) in [5.74, 6) is 1.67. The molecule has 0 radical (unpaired) electrons. The molecular formula is C24H27N3O3. The molecule has 2 aromatic carbocycles. The van der Waals surface area contributed by atoms with Crippen molar-refractivity contribution in [2.75, 3.05) is 39.5 Å². The standard InChI is InChI=1S/C24H27N3O3/c1-2-26-9-11-27(12-10-26)24(28)14-19(17-7-8-22-23(13-17)30-16-29-22)20-15-25-21-6-4-3-5-18(20)21/h3-8,13,15,19,25H,2,9-12,14,16H2,1H3/t19-/m1/s1. The Balaban J connectivity index is 1.46. The van der Waals surface area contributed by atoms with Crippen LogP contribution < -0.4 is 9.47 Å². The molecule has 5 rings (SSSR count). The van der Waals surface area contributed by atoms with Crippen LogP contribution in [0.3, 0.4) is 0 Å². The van der Waals surface area contributed by atoms with Gasteiger partial charge >= 0.3 is 0 Å². The zero-order chi connectivity index (χ0) is 20.5. The van der Waals surface area contributed by atoms with Crippen LogP contribution in [0, 0.1) is 0 Å². The third kappa shape index (κ3) is 3.52. The van der Waals surface area contributed by atoms with E-state index in [9.17, 15) is 4.79 Å². The van der Waals surface area contributed by atoms with Gasteiger partial charge < -0.3 is 24.3 Å². The highest BCUT2D eigenvalue weighted by molar-refractivity contribution is 5.86. The lowest BCUT2D eigenvalue weighted by atomic mass is 9.87. The SMILES string of the molecule is CCN1CCN(C(=O)C[C@H](c2ccc3c(c2)OCO3)c2c[nH]c3ccccc23)CC1. The number of likely N-dealkylation sites (N-methyl/N-ethyl adjacent to an activating group) is 1. The highest BCUT2D eigenvalue weighted by Crippen LogP contribution is 2.39. The third-order valence-corrected chi connectivity index (χ3v) is 6.35. The van der Waals surface area contributed by atoms with Crippen LogP contribution in [0.2, 0.25) is 0 Å². The van der Waals surface area contributed by atoms with E-state index in [4.69, 9.17) is 9.47 Å². The van der Waals surface area contributed by atoms with Gasteiger partial charge in [-0.25, -0.2) is 0 Å². The minimum atomic E-state index is -0.0487. The zero-order valence-electron chi connectivity index (χ0n) is 17.3. The van der Waals surface area contributed by atoms with Gasteiger partial charge in [-0.1, -0.05) is 31.2 Å². The molecule has 1 fully saturated rings. The van der Waals surface area contributed by atoms with Gasteiger partial charge in [0.15, 0.2) is 11.5 Å². The molecule has 0 bridgehead atoms. The molecule has 1 amide bonds. The Morgan fingerprint density at radius 2 is 1.87 bits per heavy atom. The summed E-state index contributed by atoms with van der Waals surface area (Å²) in [4.78, 5) is 21.1. The molecule has 1 saturated heterocycles. The van der Waals surface area contributed by atoms with Gasteiger partial charge in [0.1, 0.15) is 0 Å². The molecule has 6 nitrogen and oxygen atoms in total. The van der Waals surface area contributed by atoms with Crippen LogP contribution in [0.25, 0.3) is 10.9 Å². The Kier molecular flexibility index (Phi) is 5.09. The maximum atomic E-state index is 13.3. The van der Waals surface area contributed by atoms with E-state index in [0.29, 0.717) is 6.42 Å². The molecule has 1 atom stereocenters. The highest BCUT2D eigenvalue weighted by atomic mass is 16.7. The zero-order valence-corrected chi connectivity index (χ0v) is 17.3. The van der Waals surface area contributed by atoms with Gasteiger partial charge in [0.25, 0.3) is 0 Å². The molecule has 0 unspecified atom stereocenters. The van der Waals surface area contributed by atoms with Crippen LogP contribution in [-0.4, -0.2) is 60.2 Å². The first kappa shape index (κ1) is 19.0. The third-order valence-electron chi connectivity index (χ3n) is 6.35. The van der Waals surface area contributed by atoms with Crippen LogP contribution in [0.15, 0.2) is 48.7 Å². The van der Waals surface area contributed by atoms with Gasteiger partial charge in [-0.15, -0.1) is 0 Å².